The molecule has 2 unspecified atom stereocenters. The van der Waals surface area contributed by atoms with E-state index in [4.69, 9.17) is 9.47 Å². The van der Waals surface area contributed by atoms with E-state index in [2.05, 4.69) is 6.92 Å². The SMILES string of the molecule is CCCCCCCC(COC)C(COC)C1CCCC1. The summed E-state index contributed by atoms with van der Waals surface area (Å²) in [5, 5.41) is 0. The van der Waals surface area contributed by atoms with Crippen molar-refractivity contribution in [1.29, 1.82) is 0 Å². The van der Waals surface area contributed by atoms with E-state index in [1.807, 2.05) is 14.2 Å². The highest BCUT2D eigenvalue weighted by Gasteiger charge is 2.31. The molecule has 0 N–H and O–H groups in total. The molecule has 2 atom stereocenters. The highest BCUT2D eigenvalue weighted by molar-refractivity contribution is 4.81. The molecule has 1 aliphatic rings. The molecule has 1 saturated carbocycles. The van der Waals surface area contributed by atoms with Gasteiger partial charge in [-0.3, -0.25) is 0 Å². The van der Waals surface area contributed by atoms with Gasteiger partial charge in [-0.1, -0.05) is 64.7 Å². The summed E-state index contributed by atoms with van der Waals surface area (Å²) in [7, 11) is 3.70. The lowest BCUT2D eigenvalue weighted by molar-refractivity contribution is 0.0367. The molecule has 0 saturated heterocycles. The molecule has 0 bridgehead atoms. The van der Waals surface area contributed by atoms with Crippen LogP contribution in [0.15, 0.2) is 0 Å². The van der Waals surface area contributed by atoms with E-state index in [0.717, 1.165) is 19.1 Å². The Kier molecular flexibility index (Phi) is 10.4. The number of hydrogen-bond donors (Lipinski definition) is 0. The maximum Gasteiger partial charge on any atom is 0.0496 e. The van der Waals surface area contributed by atoms with Crippen LogP contribution in [0.2, 0.25) is 0 Å². The van der Waals surface area contributed by atoms with Crippen molar-refractivity contribution in [2.45, 2.75) is 71.1 Å². The molecule has 1 fully saturated rings. The molecule has 0 aliphatic heterocycles. The second-order valence-electron chi connectivity index (χ2n) is 6.58. The quantitative estimate of drug-likeness (QED) is 0.466. The normalized spacial score (nSPS) is 19.4. The van der Waals surface area contributed by atoms with Gasteiger partial charge in [-0.05, 0) is 24.2 Å². The lowest BCUT2D eigenvalue weighted by Gasteiger charge is -2.31. The molecule has 0 aromatic rings. The molecule has 0 aromatic carbocycles. The number of unbranched alkanes of at least 4 members (excludes halogenated alkanes) is 4. The minimum absolute atomic E-state index is 0.699. The topological polar surface area (TPSA) is 18.5 Å². The summed E-state index contributed by atoms with van der Waals surface area (Å²) in [5.74, 6) is 2.30. The fourth-order valence-corrected chi connectivity index (χ4v) is 3.88. The van der Waals surface area contributed by atoms with Gasteiger partial charge in [0.25, 0.3) is 0 Å². The molecular weight excluding hydrogens is 248 g/mol. The molecule has 2 heteroatoms. The zero-order chi connectivity index (χ0) is 14.6. The van der Waals surface area contributed by atoms with Crippen molar-refractivity contribution in [2.75, 3.05) is 27.4 Å². The van der Waals surface area contributed by atoms with Crippen LogP contribution >= 0.6 is 0 Å². The van der Waals surface area contributed by atoms with Gasteiger partial charge in [0.15, 0.2) is 0 Å². The van der Waals surface area contributed by atoms with Crippen molar-refractivity contribution in [3.8, 4) is 0 Å². The summed E-state index contributed by atoms with van der Waals surface area (Å²) >= 11 is 0. The van der Waals surface area contributed by atoms with E-state index >= 15 is 0 Å². The Bertz CT molecular complexity index is 211. The monoisotopic (exact) mass is 284 g/mol. The molecule has 0 heterocycles. The lowest BCUT2D eigenvalue weighted by Crippen LogP contribution is -2.29. The summed E-state index contributed by atoms with van der Waals surface area (Å²) in [4.78, 5) is 0. The van der Waals surface area contributed by atoms with Crippen molar-refractivity contribution >= 4 is 0 Å². The van der Waals surface area contributed by atoms with E-state index in [-0.39, 0.29) is 0 Å². The lowest BCUT2D eigenvalue weighted by atomic mass is 9.79. The van der Waals surface area contributed by atoms with Crippen LogP contribution in [0.5, 0.6) is 0 Å². The summed E-state index contributed by atoms with van der Waals surface area (Å²) in [6.45, 7) is 4.12. The maximum absolute atomic E-state index is 5.53. The van der Waals surface area contributed by atoms with Crippen LogP contribution in [-0.2, 0) is 9.47 Å². The Morgan fingerprint density at radius 3 is 2.15 bits per heavy atom. The van der Waals surface area contributed by atoms with Crippen LogP contribution in [0.25, 0.3) is 0 Å². The summed E-state index contributed by atoms with van der Waals surface area (Å²) < 4.78 is 11.0. The second kappa shape index (κ2) is 11.6. The van der Waals surface area contributed by atoms with Crippen LogP contribution in [0.4, 0.5) is 0 Å². The van der Waals surface area contributed by atoms with Gasteiger partial charge in [-0.15, -0.1) is 0 Å². The van der Waals surface area contributed by atoms with Gasteiger partial charge < -0.3 is 9.47 Å². The molecular formula is C18H36O2. The molecule has 1 aliphatic carbocycles. The van der Waals surface area contributed by atoms with E-state index in [1.165, 1.54) is 64.2 Å². The van der Waals surface area contributed by atoms with Crippen molar-refractivity contribution in [3.63, 3.8) is 0 Å². The number of ether oxygens (including phenoxy) is 2. The first-order valence-electron chi connectivity index (χ1n) is 8.81. The number of rotatable bonds is 12. The predicted molar refractivity (Wildman–Crippen MR) is 86.1 cm³/mol. The largest absolute Gasteiger partial charge is 0.384 e. The van der Waals surface area contributed by atoms with E-state index in [9.17, 15) is 0 Å². The van der Waals surface area contributed by atoms with Crippen LogP contribution in [0.3, 0.4) is 0 Å². The molecule has 2 nitrogen and oxygen atoms in total. The van der Waals surface area contributed by atoms with E-state index in [1.54, 1.807) is 0 Å². The average Bonchev–Trinajstić information content (AvgIpc) is 2.97. The Morgan fingerprint density at radius 1 is 0.900 bits per heavy atom. The highest BCUT2D eigenvalue weighted by atomic mass is 16.5. The third-order valence-electron chi connectivity index (χ3n) is 5.03. The van der Waals surface area contributed by atoms with Crippen molar-refractivity contribution < 1.29 is 9.47 Å². The Hall–Kier alpha value is -0.0800. The van der Waals surface area contributed by atoms with Crippen molar-refractivity contribution in [3.05, 3.63) is 0 Å². The van der Waals surface area contributed by atoms with Gasteiger partial charge >= 0.3 is 0 Å². The number of hydrogen-bond acceptors (Lipinski definition) is 2. The first kappa shape index (κ1) is 18.0. The van der Waals surface area contributed by atoms with E-state index in [0.29, 0.717) is 11.8 Å². The smallest absolute Gasteiger partial charge is 0.0496 e. The molecule has 0 aromatic heterocycles. The summed E-state index contributed by atoms with van der Waals surface area (Å²) in [5.41, 5.74) is 0. The van der Waals surface area contributed by atoms with Gasteiger partial charge in [-0.2, -0.15) is 0 Å². The van der Waals surface area contributed by atoms with Crippen molar-refractivity contribution in [2.24, 2.45) is 17.8 Å². The van der Waals surface area contributed by atoms with Gasteiger partial charge in [0, 0.05) is 27.4 Å². The van der Waals surface area contributed by atoms with Gasteiger partial charge in [-0.25, -0.2) is 0 Å². The second-order valence-corrected chi connectivity index (χ2v) is 6.58. The third-order valence-corrected chi connectivity index (χ3v) is 5.03. The highest BCUT2D eigenvalue weighted by Crippen LogP contribution is 2.37. The Labute approximate surface area is 126 Å². The van der Waals surface area contributed by atoms with Gasteiger partial charge in [0.05, 0.1) is 0 Å². The van der Waals surface area contributed by atoms with Crippen molar-refractivity contribution in [1.82, 2.24) is 0 Å². The Balaban J connectivity index is 2.41. The van der Waals surface area contributed by atoms with Gasteiger partial charge in [0.2, 0.25) is 0 Å². The zero-order valence-electron chi connectivity index (χ0n) is 14.0. The third kappa shape index (κ3) is 6.58. The minimum atomic E-state index is 0.699. The first-order chi connectivity index (χ1) is 9.83. The predicted octanol–water partition coefficient (Wildman–Crippen LogP) is 5.06. The number of methoxy groups -OCH3 is 2. The minimum Gasteiger partial charge on any atom is -0.384 e. The fourth-order valence-electron chi connectivity index (χ4n) is 3.88. The van der Waals surface area contributed by atoms with Crippen LogP contribution in [-0.4, -0.2) is 27.4 Å². The zero-order valence-corrected chi connectivity index (χ0v) is 14.0. The fraction of sp³-hybridized carbons (Fsp3) is 1.00. The van der Waals surface area contributed by atoms with Crippen LogP contribution < -0.4 is 0 Å². The maximum atomic E-state index is 5.53. The van der Waals surface area contributed by atoms with Crippen LogP contribution in [0.1, 0.15) is 71.1 Å². The summed E-state index contributed by atoms with van der Waals surface area (Å²) in [6, 6.07) is 0. The molecule has 1 rings (SSSR count). The summed E-state index contributed by atoms with van der Waals surface area (Å²) in [6.07, 6.45) is 13.8. The standard InChI is InChI=1S/C18H36O2/c1-4-5-6-7-8-13-17(14-19-2)18(15-20-3)16-11-9-10-12-16/h16-18H,4-15H2,1-3H3. The van der Waals surface area contributed by atoms with Gasteiger partial charge in [0.1, 0.15) is 0 Å². The van der Waals surface area contributed by atoms with Crippen LogP contribution in [0, 0.1) is 17.8 Å². The van der Waals surface area contributed by atoms with E-state index < -0.39 is 0 Å². The molecule has 20 heavy (non-hydrogen) atoms. The molecule has 0 radical (unpaired) electrons. The Morgan fingerprint density at radius 2 is 1.55 bits per heavy atom. The molecule has 0 amide bonds. The molecule has 0 spiro atoms. The average molecular weight is 284 g/mol. The molecule has 120 valence electrons. The first-order valence-corrected chi connectivity index (χ1v) is 8.81.